The molecule has 0 unspecified atom stereocenters. The van der Waals surface area contributed by atoms with Gasteiger partial charge >= 0.3 is 0 Å². The van der Waals surface area contributed by atoms with Crippen LogP contribution in [0.2, 0.25) is 5.02 Å². The van der Waals surface area contributed by atoms with Gasteiger partial charge in [0.15, 0.2) is 11.5 Å². The van der Waals surface area contributed by atoms with Crippen molar-refractivity contribution in [1.82, 2.24) is 0 Å². The number of hydrogen-bond acceptors (Lipinski definition) is 3. The van der Waals surface area contributed by atoms with Crippen molar-refractivity contribution in [3.8, 4) is 11.5 Å². The molecule has 0 atom stereocenters. The minimum absolute atomic E-state index is 0.0790. The molecule has 0 saturated carbocycles. The van der Waals surface area contributed by atoms with Crippen LogP contribution in [-0.2, 0) is 6.61 Å². The fourth-order valence-corrected chi connectivity index (χ4v) is 1.58. The number of rotatable bonds is 5. The van der Waals surface area contributed by atoms with Gasteiger partial charge in [0.05, 0.1) is 18.7 Å². The topological polar surface area (TPSA) is 38.7 Å². The van der Waals surface area contributed by atoms with Crippen LogP contribution < -0.4 is 9.47 Å². The fourth-order valence-electron chi connectivity index (χ4n) is 1.30. The van der Waals surface area contributed by atoms with Crippen LogP contribution in [0.15, 0.2) is 23.8 Å². The van der Waals surface area contributed by atoms with E-state index in [1.54, 1.807) is 19.2 Å². The van der Waals surface area contributed by atoms with Crippen molar-refractivity contribution in [3.05, 3.63) is 34.4 Å². The summed E-state index contributed by atoms with van der Waals surface area (Å²) in [7, 11) is 1.54. The molecular weight excluding hydrogens is 240 g/mol. The van der Waals surface area contributed by atoms with Gasteiger partial charge in [-0.25, -0.2) is 0 Å². The molecule has 0 heterocycles. The normalized spacial score (nSPS) is 9.94. The molecule has 3 nitrogen and oxygen atoms in total. The molecule has 94 valence electrons. The van der Waals surface area contributed by atoms with Crippen LogP contribution in [0.4, 0.5) is 0 Å². The number of allylic oxidation sites excluding steroid dienone is 1. The van der Waals surface area contributed by atoms with E-state index in [0.29, 0.717) is 28.7 Å². The molecule has 0 fully saturated rings. The lowest BCUT2D eigenvalue weighted by Crippen LogP contribution is -1.99. The Morgan fingerprint density at radius 2 is 2.12 bits per heavy atom. The van der Waals surface area contributed by atoms with Crippen molar-refractivity contribution in [2.45, 2.75) is 20.5 Å². The molecule has 4 heteroatoms. The highest BCUT2D eigenvalue weighted by Crippen LogP contribution is 2.36. The average Bonchev–Trinajstić information content (AvgIpc) is 2.30. The van der Waals surface area contributed by atoms with Crippen LogP contribution in [-0.4, -0.2) is 18.8 Å². The monoisotopic (exact) mass is 256 g/mol. The second kappa shape index (κ2) is 6.52. The van der Waals surface area contributed by atoms with Gasteiger partial charge in [-0.1, -0.05) is 17.2 Å². The zero-order chi connectivity index (χ0) is 12.8. The van der Waals surface area contributed by atoms with Crippen molar-refractivity contribution in [3.63, 3.8) is 0 Å². The molecule has 17 heavy (non-hydrogen) atoms. The Morgan fingerprint density at radius 1 is 1.41 bits per heavy atom. The zero-order valence-electron chi connectivity index (χ0n) is 10.3. The molecule has 0 radical (unpaired) electrons. The first-order valence-corrected chi connectivity index (χ1v) is 5.69. The molecule has 1 rings (SSSR count). The van der Waals surface area contributed by atoms with E-state index >= 15 is 0 Å². The molecule has 0 spiro atoms. The Hall–Kier alpha value is -1.19. The second-order valence-corrected chi connectivity index (χ2v) is 4.27. The van der Waals surface area contributed by atoms with E-state index in [4.69, 9.17) is 26.2 Å². The maximum Gasteiger partial charge on any atom is 0.180 e. The number of hydrogen-bond donors (Lipinski definition) is 1. The summed E-state index contributed by atoms with van der Waals surface area (Å²) < 4.78 is 10.7. The molecule has 0 aromatic heterocycles. The highest BCUT2D eigenvalue weighted by molar-refractivity contribution is 6.32. The van der Waals surface area contributed by atoms with Crippen molar-refractivity contribution in [2.75, 3.05) is 13.7 Å². The lowest BCUT2D eigenvalue weighted by molar-refractivity contribution is 0.279. The summed E-state index contributed by atoms with van der Waals surface area (Å²) in [6.45, 7) is 4.36. The van der Waals surface area contributed by atoms with Crippen molar-refractivity contribution in [2.24, 2.45) is 0 Å². The van der Waals surface area contributed by atoms with Crippen LogP contribution >= 0.6 is 11.6 Å². The van der Waals surface area contributed by atoms with E-state index in [2.05, 4.69) is 0 Å². The van der Waals surface area contributed by atoms with Gasteiger partial charge in [0, 0.05) is 0 Å². The third-order valence-electron chi connectivity index (χ3n) is 2.19. The molecule has 0 aliphatic carbocycles. The molecule has 1 aromatic carbocycles. The lowest BCUT2D eigenvalue weighted by Gasteiger charge is -2.12. The first kappa shape index (κ1) is 13.9. The number of ether oxygens (including phenoxy) is 2. The summed E-state index contributed by atoms with van der Waals surface area (Å²) in [5.41, 5.74) is 1.87. The molecule has 1 N–H and O–H groups in total. The number of methoxy groups -OCH3 is 1. The van der Waals surface area contributed by atoms with Gasteiger partial charge in [-0.3, -0.25) is 0 Å². The third kappa shape index (κ3) is 3.95. The Bertz CT molecular complexity index is 409. The SMILES string of the molecule is COc1cc(CO)cc(Cl)c1OCC=C(C)C. The van der Waals surface area contributed by atoms with Gasteiger partial charge in [0.25, 0.3) is 0 Å². The van der Waals surface area contributed by atoms with E-state index < -0.39 is 0 Å². The maximum atomic E-state index is 9.06. The highest BCUT2D eigenvalue weighted by atomic mass is 35.5. The van der Waals surface area contributed by atoms with Gasteiger partial charge in [-0.15, -0.1) is 0 Å². The summed E-state index contributed by atoms with van der Waals surface area (Å²) in [5.74, 6) is 1.03. The molecule has 0 amide bonds. The number of halogens is 1. The van der Waals surface area contributed by atoms with Crippen molar-refractivity contribution in [1.29, 1.82) is 0 Å². The van der Waals surface area contributed by atoms with Crippen LogP contribution in [0.5, 0.6) is 11.5 Å². The maximum absolute atomic E-state index is 9.06. The zero-order valence-corrected chi connectivity index (χ0v) is 11.0. The Kier molecular flexibility index (Phi) is 5.32. The fraction of sp³-hybridized carbons (Fsp3) is 0.385. The Balaban J connectivity index is 2.93. The minimum Gasteiger partial charge on any atom is -0.493 e. The van der Waals surface area contributed by atoms with E-state index in [0.717, 1.165) is 0 Å². The van der Waals surface area contributed by atoms with Gasteiger partial charge < -0.3 is 14.6 Å². The highest BCUT2D eigenvalue weighted by Gasteiger charge is 2.11. The number of aliphatic hydroxyl groups is 1. The average molecular weight is 257 g/mol. The first-order chi connectivity index (χ1) is 8.08. The van der Waals surface area contributed by atoms with E-state index in [9.17, 15) is 0 Å². The van der Waals surface area contributed by atoms with Crippen LogP contribution in [0.25, 0.3) is 0 Å². The summed E-state index contributed by atoms with van der Waals surface area (Å²) in [5, 5.41) is 9.50. The second-order valence-electron chi connectivity index (χ2n) is 3.86. The summed E-state index contributed by atoms with van der Waals surface area (Å²) in [6.07, 6.45) is 1.95. The number of aliphatic hydroxyl groups excluding tert-OH is 1. The standard InChI is InChI=1S/C13H17ClO3/c1-9(2)4-5-17-13-11(14)6-10(8-15)7-12(13)16-3/h4,6-7,15H,5,8H2,1-3H3. The number of benzene rings is 1. The molecule has 0 bridgehead atoms. The Morgan fingerprint density at radius 3 is 2.65 bits per heavy atom. The van der Waals surface area contributed by atoms with E-state index in [1.165, 1.54) is 5.57 Å². The largest absolute Gasteiger partial charge is 0.493 e. The first-order valence-electron chi connectivity index (χ1n) is 5.32. The van der Waals surface area contributed by atoms with Crippen molar-refractivity contribution >= 4 is 11.6 Å². The Labute approximate surface area is 107 Å². The molecule has 0 aliphatic rings. The minimum atomic E-state index is -0.0790. The van der Waals surface area contributed by atoms with E-state index in [-0.39, 0.29) is 6.61 Å². The van der Waals surface area contributed by atoms with Crippen LogP contribution in [0.1, 0.15) is 19.4 Å². The molecule has 0 aliphatic heterocycles. The molecule has 1 aromatic rings. The predicted molar refractivity (Wildman–Crippen MR) is 68.9 cm³/mol. The summed E-state index contributed by atoms with van der Waals surface area (Å²) in [4.78, 5) is 0. The van der Waals surface area contributed by atoms with Crippen LogP contribution in [0.3, 0.4) is 0 Å². The van der Waals surface area contributed by atoms with Gasteiger partial charge in [0.2, 0.25) is 0 Å². The molecular formula is C13H17ClO3. The van der Waals surface area contributed by atoms with Gasteiger partial charge in [-0.2, -0.15) is 0 Å². The lowest BCUT2D eigenvalue weighted by atomic mass is 10.2. The van der Waals surface area contributed by atoms with E-state index in [1.807, 2.05) is 19.9 Å². The molecule has 0 saturated heterocycles. The van der Waals surface area contributed by atoms with Gasteiger partial charge in [0.1, 0.15) is 6.61 Å². The smallest absolute Gasteiger partial charge is 0.180 e. The predicted octanol–water partition coefficient (Wildman–Crippen LogP) is 3.19. The van der Waals surface area contributed by atoms with Gasteiger partial charge in [-0.05, 0) is 37.6 Å². The van der Waals surface area contributed by atoms with Crippen molar-refractivity contribution < 1.29 is 14.6 Å². The van der Waals surface area contributed by atoms with Crippen LogP contribution in [0, 0.1) is 0 Å². The summed E-state index contributed by atoms with van der Waals surface area (Å²) >= 11 is 6.07. The quantitative estimate of drug-likeness (QED) is 0.823. The third-order valence-corrected chi connectivity index (χ3v) is 2.47. The summed E-state index contributed by atoms with van der Waals surface area (Å²) in [6, 6.07) is 3.38.